The van der Waals surface area contributed by atoms with Gasteiger partial charge in [-0.15, -0.1) is 0 Å². The average Bonchev–Trinajstić information content (AvgIpc) is 3.49. The van der Waals surface area contributed by atoms with Gasteiger partial charge < -0.3 is 15.6 Å². The third-order valence-corrected chi connectivity index (χ3v) is 8.44. The first-order valence-electron chi connectivity index (χ1n) is 16.2. The molecule has 0 bridgehead atoms. The lowest BCUT2D eigenvalue weighted by atomic mass is 10.1. The van der Waals surface area contributed by atoms with Crippen LogP contribution in [0.2, 0.25) is 0 Å². The number of Topliss-reactive ketones (excluding diaryl/α,β-unsaturated/α-hetero) is 1. The number of phenolic OH excluding ortho intramolecular Hbond substituents is 1. The predicted molar refractivity (Wildman–Crippen MR) is 186 cm³/mol. The summed E-state index contributed by atoms with van der Waals surface area (Å²) >= 11 is 0. The summed E-state index contributed by atoms with van der Waals surface area (Å²) in [6, 6.07) is 12.0. The van der Waals surface area contributed by atoms with Gasteiger partial charge in [-0.2, -0.15) is 5.10 Å². The van der Waals surface area contributed by atoms with Gasteiger partial charge >= 0.3 is 0 Å². The quantitative estimate of drug-likeness (QED) is 0.215. The molecule has 14 nitrogen and oxygen atoms in total. The Labute approximate surface area is 286 Å². The molecule has 3 N–H and O–H groups in total. The highest BCUT2D eigenvalue weighted by atomic mass is 16.5. The molecule has 5 heterocycles. The van der Waals surface area contributed by atoms with E-state index in [9.17, 15) is 14.7 Å². The van der Waals surface area contributed by atoms with Gasteiger partial charge in [0.1, 0.15) is 41.7 Å². The van der Waals surface area contributed by atoms with Crippen LogP contribution in [0, 0.1) is 18.8 Å². The number of aryl methyl sites for hydroxylation is 1. The maximum Gasteiger partial charge on any atom is 0.263 e. The fourth-order valence-corrected chi connectivity index (χ4v) is 5.94. The van der Waals surface area contributed by atoms with Crippen LogP contribution in [0.3, 0.4) is 0 Å². The number of nitrogens with zero attached hydrogens (tertiary/aromatic N) is 9. The number of aromatic nitrogens is 8. The predicted octanol–water partition coefficient (Wildman–Crippen LogP) is 2.72. The van der Waals surface area contributed by atoms with Gasteiger partial charge in [-0.1, -0.05) is 30.0 Å². The lowest BCUT2D eigenvalue weighted by Gasteiger charge is -2.25. The highest BCUT2D eigenvalue weighted by Crippen LogP contribution is 2.32. The van der Waals surface area contributed by atoms with Crippen molar-refractivity contribution < 1.29 is 14.6 Å². The Morgan fingerprint density at radius 1 is 1.02 bits per heavy atom. The molecule has 1 aliphatic rings. The molecule has 0 saturated carbocycles. The second-order valence-corrected chi connectivity index (χ2v) is 12.0. The molecule has 0 atom stereocenters. The van der Waals surface area contributed by atoms with Crippen LogP contribution in [0.1, 0.15) is 35.6 Å². The van der Waals surface area contributed by atoms with Crippen molar-refractivity contribution in [2.24, 2.45) is 0 Å². The van der Waals surface area contributed by atoms with Crippen LogP contribution in [0.4, 0.5) is 5.82 Å². The van der Waals surface area contributed by atoms with Crippen molar-refractivity contribution in [3.05, 3.63) is 94.3 Å². The number of rotatable bonds is 9. The van der Waals surface area contributed by atoms with E-state index in [0.29, 0.717) is 82.9 Å². The van der Waals surface area contributed by atoms with E-state index < -0.39 is 0 Å². The van der Waals surface area contributed by atoms with Crippen LogP contribution in [-0.4, -0.2) is 87.9 Å². The number of carbonyl (C=O) groups is 1. The molecule has 4 aromatic heterocycles. The summed E-state index contributed by atoms with van der Waals surface area (Å²) in [4.78, 5) is 51.5. The monoisotopic (exact) mass is 670 g/mol. The van der Waals surface area contributed by atoms with Gasteiger partial charge in [0.05, 0.1) is 60.2 Å². The summed E-state index contributed by atoms with van der Waals surface area (Å²) in [5, 5.41) is 15.9. The molecule has 2 aromatic carbocycles. The van der Waals surface area contributed by atoms with Crippen molar-refractivity contribution in [1.82, 2.24) is 44.2 Å². The van der Waals surface area contributed by atoms with E-state index in [1.807, 2.05) is 6.92 Å². The van der Waals surface area contributed by atoms with Gasteiger partial charge in [0, 0.05) is 43.3 Å². The van der Waals surface area contributed by atoms with Crippen molar-refractivity contribution >= 4 is 33.5 Å². The Morgan fingerprint density at radius 3 is 2.66 bits per heavy atom. The van der Waals surface area contributed by atoms with E-state index in [2.05, 4.69) is 36.7 Å². The summed E-state index contributed by atoms with van der Waals surface area (Å²) in [5.74, 6) is 7.04. The number of aromatic hydroxyl groups is 1. The molecule has 50 heavy (non-hydrogen) atoms. The molecule has 14 heteroatoms. The number of carbonyl (C=O) groups excluding carboxylic acids is 1. The van der Waals surface area contributed by atoms with Crippen LogP contribution in [0.15, 0.2) is 66.0 Å². The Morgan fingerprint density at radius 2 is 1.86 bits per heavy atom. The highest BCUT2D eigenvalue weighted by molar-refractivity contribution is 5.98. The number of nitrogen functional groups attached to an aromatic ring is 1. The zero-order valence-corrected chi connectivity index (χ0v) is 27.4. The first-order chi connectivity index (χ1) is 24.3. The molecule has 7 rings (SSSR count). The fraction of sp³-hybridized carbons (Fsp3) is 0.278. The van der Waals surface area contributed by atoms with Crippen molar-refractivity contribution in [1.29, 1.82) is 0 Å². The average molecular weight is 671 g/mol. The molecule has 252 valence electrons. The number of fused-ring (bicyclic) bond motifs is 2. The molecule has 0 spiro atoms. The molecule has 0 aliphatic carbocycles. The van der Waals surface area contributed by atoms with Crippen molar-refractivity contribution in [2.75, 3.05) is 38.6 Å². The molecular formula is C36H34N10O4. The van der Waals surface area contributed by atoms with E-state index in [4.69, 9.17) is 20.6 Å². The van der Waals surface area contributed by atoms with Gasteiger partial charge in [-0.25, -0.2) is 19.6 Å². The van der Waals surface area contributed by atoms with E-state index in [1.54, 1.807) is 64.1 Å². The normalized spacial score (nSPS) is 13.4. The van der Waals surface area contributed by atoms with Gasteiger partial charge in [0.25, 0.3) is 5.56 Å². The van der Waals surface area contributed by atoms with Crippen LogP contribution in [0.25, 0.3) is 33.2 Å². The molecule has 1 saturated heterocycles. The summed E-state index contributed by atoms with van der Waals surface area (Å²) in [6.07, 6.45) is 5.33. The van der Waals surface area contributed by atoms with Gasteiger partial charge in [-0.05, 0) is 31.2 Å². The molecule has 1 fully saturated rings. The number of morpholine rings is 1. The van der Waals surface area contributed by atoms with Crippen molar-refractivity contribution in [3.8, 4) is 28.8 Å². The Hall–Kier alpha value is -6.04. The molecule has 1 aliphatic heterocycles. The minimum atomic E-state index is -0.306. The van der Waals surface area contributed by atoms with Gasteiger partial charge in [-0.3, -0.25) is 29.0 Å². The minimum Gasteiger partial charge on any atom is -0.508 e. The number of hydrogen-bond acceptors (Lipinski definition) is 12. The fourth-order valence-electron chi connectivity index (χ4n) is 5.94. The maximum atomic E-state index is 14.4. The molecule has 0 amide bonds. The lowest BCUT2D eigenvalue weighted by Crippen LogP contribution is -2.39. The number of anilines is 1. The van der Waals surface area contributed by atoms with E-state index in [1.165, 1.54) is 6.33 Å². The Balaban J connectivity index is 1.26. The topological polar surface area (TPSA) is 180 Å². The number of ketones is 1. The van der Waals surface area contributed by atoms with Crippen LogP contribution in [0.5, 0.6) is 5.75 Å². The molecule has 0 radical (unpaired) electrons. The van der Waals surface area contributed by atoms with Crippen LogP contribution >= 0.6 is 0 Å². The largest absolute Gasteiger partial charge is 0.508 e. The van der Waals surface area contributed by atoms with Crippen molar-refractivity contribution in [2.45, 2.75) is 32.9 Å². The number of hydrogen-bond donors (Lipinski definition) is 2. The van der Waals surface area contributed by atoms with Gasteiger partial charge in [0.15, 0.2) is 5.65 Å². The minimum absolute atomic E-state index is 0.0530. The summed E-state index contributed by atoms with van der Waals surface area (Å²) < 4.78 is 8.53. The standard InChI is InChI=1S/C36H34N10O4/c1-23-17-39-26(18-38-23)19-45-30(21-46-35-32(34(37)40-22-41-35)33(43-46)25-8-4-10-27(47)16-25)42-29-11-5-7-24(31(29)36(45)49)6-2-3-9-28(48)20-44-12-14-50-15-13-44/h4-5,7-8,10-11,16-18,22,47H,3,9,12-15,19-21H2,1H3,(H2,37,40,41). The maximum absolute atomic E-state index is 14.4. The number of phenols is 1. The lowest BCUT2D eigenvalue weighted by molar-refractivity contribution is -0.121. The zero-order chi connectivity index (χ0) is 34.6. The highest BCUT2D eigenvalue weighted by Gasteiger charge is 2.21. The molecular weight excluding hydrogens is 636 g/mol. The second-order valence-electron chi connectivity index (χ2n) is 12.0. The number of ether oxygens (including phenoxy) is 1. The van der Waals surface area contributed by atoms with Crippen LogP contribution in [-0.2, 0) is 22.6 Å². The molecule has 6 aromatic rings. The smallest absolute Gasteiger partial charge is 0.263 e. The van der Waals surface area contributed by atoms with E-state index in [0.717, 1.165) is 18.8 Å². The first-order valence-corrected chi connectivity index (χ1v) is 16.2. The van der Waals surface area contributed by atoms with E-state index >= 15 is 0 Å². The first kappa shape index (κ1) is 32.5. The molecule has 0 unspecified atom stereocenters. The van der Waals surface area contributed by atoms with E-state index in [-0.39, 0.29) is 36.0 Å². The Bertz CT molecular complexity index is 2330. The summed E-state index contributed by atoms with van der Waals surface area (Å²) in [6.45, 7) is 5.15. The Kier molecular flexibility index (Phi) is 9.24. The van der Waals surface area contributed by atoms with Gasteiger partial charge in [0.2, 0.25) is 0 Å². The zero-order valence-electron chi connectivity index (χ0n) is 27.4. The van der Waals surface area contributed by atoms with Crippen molar-refractivity contribution in [3.63, 3.8) is 0 Å². The third-order valence-electron chi connectivity index (χ3n) is 8.44. The number of nitrogens with two attached hydrogens (primary N) is 1. The summed E-state index contributed by atoms with van der Waals surface area (Å²) in [7, 11) is 0. The third kappa shape index (κ3) is 6.91. The summed E-state index contributed by atoms with van der Waals surface area (Å²) in [5.41, 5.74) is 9.86. The van der Waals surface area contributed by atoms with Crippen LogP contribution < -0.4 is 11.3 Å². The second kappa shape index (κ2) is 14.2. The number of benzene rings is 2. The SMILES string of the molecule is Cc1cnc(Cn2c(Cn3nc(-c4cccc(O)c4)c4c(N)ncnc43)nc3cccc(C#CCCC(=O)CN4CCOCC4)c3c2=O)cn1.